The lowest BCUT2D eigenvalue weighted by molar-refractivity contribution is -0.134. The van der Waals surface area contributed by atoms with E-state index in [1.165, 1.54) is 5.56 Å². The summed E-state index contributed by atoms with van der Waals surface area (Å²) in [4.78, 5) is 35.8. The minimum Gasteiger partial charge on any atom is -0.340 e. The third-order valence-electron chi connectivity index (χ3n) is 7.44. The predicted octanol–water partition coefficient (Wildman–Crippen LogP) is 3.45. The van der Waals surface area contributed by atoms with Gasteiger partial charge in [0.15, 0.2) is 5.82 Å². The maximum Gasteiger partial charge on any atom is 0.290 e. The van der Waals surface area contributed by atoms with Gasteiger partial charge in [0.2, 0.25) is 5.91 Å². The fraction of sp³-hybridized carbons (Fsp3) is 0.393. The summed E-state index contributed by atoms with van der Waals surface area (Å²) in [6.45, 7) is 3.75. The molecular formula is C28H33N5O2. The molecule has 1 aromatic heterocycles. The van der Waals surface area contributed by atoms with E-state index in [-0.39, 0.29) is 23.8 Å². The number of rotatable bonds is 5. The van der Waals surface area contributed by atoms with Gasteiger partial charge >= 0.3 is 0 Å². The molecule has 2 aliphatic heterocycles. The van der Waals surface area contributed by atoms with Gasteiger partial charge in [0.1, 0.15) is 6.04 Å². The summed E-state index contributed by atoms with van der Waals surface area (Å²) in [6.07, 6.45) is 3.35. The number of aryl methyl sites for hydroxylation is 1. The van der Waals surface area contributed by atoms with E-state index in [4.69, 9.17) is 5.73 Å². The average Bonchev–Trinajstić information content (AvgIpc) is 3.63. The molecule has 2 N–H and O–H groups in total. The number of nitrogens with two attached hydrogens (primary N) is 1. The van der Waals surface area contributed by atoms with Crippen LogP contribution in [0.25, 0.3) is 0 Å². The topological polar surface area (TPSA) is 84.5 Å². The van der Waals surface area contributed by atoms with E-state index in [9.17, 15) is 9.59 Å². The SMILES string of the molecule is C[C@H](N)c1cn(C)c(C(=O)N2C[C@@H](c3ccccc3)C[C@H]2C(=O)N2CCC(c3ccccc3)C2)n1. The van der Waals surface area contributed by atoms with Gasteiger partial charge in [0, 0.05) is 50.8 Å². The number of imidazole rings is 1. The summed E-state index contributed by atoms with van der Waals surface area (Å²) in [7, 11) is 1.80. The molecule has 4 atom stereocenters. The highest BCUT2D eigenvalue weighted by Crippen LogP contribution is 2.35. The van der Waals surface area contributed by atoms with Crippen molar-refractivity contribution in [2.24, 2.45) is 12.8 Å². The third-order valence-corrected chi connectivity index (χ3v) is 7.44. The molecule has 2 amide bonds. The Hall–Kier alpha value is -3.45. The lowest BCUT2D eigenvalue weighted by Crippen LogP contribution is -2.47. The number of carbonyl (C=O) groups is 2. The number of amides is 2. The fourth-order valence-electron chi connectivity index (χ4n) is 5.47. The highest BCUT2D eigenvalue weighted by atomic mass is 16.2. The van der Waals surface area contributed by atoms with Gasteiger partial charge in [0.25, 0.3) is 5.91 Å². The van der Waals surface area contributed by atoms with Crippen LogP contribution in [0.2, 0.25) is 0 Å². The van der Waals surface area contributed by atoms with Gasteiger partial charge in [-0.1, -0.05) is 60.7 Å². The molecule has 2 aliphatic rings. The second-order valence-electron chi connectivity index (χ2n) is 9.89. The largest absolute Gasteiger partial charge is 0.340 e. The molecule has 5 rings (SSSR count). The maximum atomic E-state index is 13.8. The van der Waals surface area contributed by atoms with Crippen LogP contribution >= 0.6 is 0 Å². The molecule has 3 heterocycles. The molecule has 0 bridgehead atoms. The van der Waals surface area contributed by atoms with Crippen LogP contribution in [0.3, 0.4) is 0 Å². The van der Waals surface area contributed by atoms with Crippen molar-refractivity contribution in [3.63, 3.8) is 0 Å². The van der Waals surface area contributed by atoms with Crippen LogP contribution in [0.1, 0.15) is 65.1 Å². The molecule has 2 fully saturated rings. The van der Waals surface area contributed by atoms with Gasteiger partial charge in [-0.15, -0.1) is 0 Å². The lowest BCUT2D eigenvalue weighted by Gasteiger charge is -2.27. The molecule has 0 aliphatic carbocycles. The smallest absolute Gasteiger partial charge is 0.290 e. The summed E-state index contributed by atoms with van der Waals surface area (Å²) in [5.74, 6) is 0.591. The Balaban J connectivity index is 1.40. The quantitative estimate of drug-likeness (QED) is 0.618. The first kappa shape index (κ1) is 23.3. The summed E-state index contributed by atoms with van der Waals surface area (Å²) >= 11 is 0. The summed E-state index contributed by atoms with van der Waals surface area (Å²) in [5, 5.41) is 0. The van der Waals surface area contributed by atoms with Crippen molar-refractivity contribution in [2.45, 2.75) is 43.7 Å². The van der Waals surface area contributed by atoms with Gasteiger partial charge < -0.3 is 20.1 Å². The number of benzene rings is 2. The Labute approximate surface area is 206 Å². The van der Waals surface area contributed by atoms with E-state index in [2.05, 4.69) is 29.2 Å². The van der Waals surface area contributed by atoms with E-state index in [1.807, 2.05) is 48.2 Å². The fourth-order valence-corrected chi connectivity index (χ4v) is 5.47. The van der Waals surface area contributed by atoms with Crippen LogP contribution < -0.4 is 5.73 Å². The van der Waals surface area contributed by atoms with Crippen molar-refractivity contribution in [1.29, 1.82) is 0 Å². The Morgan fingerprint density at radius 3 is 2.20 bits per heavy atom. The molecule has 0 saturated carbocycles. The number of nitrogens with zero attached hydrogens (tertiary/aromatic N) is 4. The van der Waals surface area contributed by atoms with Crippen LogP contribution in [0.15, 0.2) is 66.9 Å². The summed E-state index contributed by atoms with van der Waals surface area (Å²) < 4.78 is 1.72. The van der Waals surface area contributed by atoms with Crippen molar-refractivity contribution < 1.29 is 9.59 Å². The maximum absolute atomic E-state index is 13.8. The van der Waals surface area contributed by atoms with Crippen LogP contribution in [0.4, 0.5) is 0 Å². The molecule has 3 aromatic rings. The van der Waals surface area contributed by atoms with E-state index < -0.39 is 6.04 Å². The van der Waals surface area contributed by atoms with Crippen molar-refractivity contribution >= 4 is 11.8 Å². The van der Waals surface area contributed by atoms with Crippen molar-refractivity contribution in [2.75, 3.05) is 19.6 Å². The Morgan fingerprint density at radius 2 is 1.60 bits per heavy atom. The Bertz CT molecular complexity index is 1190. The monoisotopic (exact) mass is 471 g/mol. The highest BCUT2D eigenvalue weighted by molar-refractivity contribution is 5.96. The molecular weight excluding hydrogens is 438 g/mol. The molecule has 7 nitrogen and oxygen atoms in total. The first-order valence-electron chi connectivity index (χ1n) is 12.4. The van der Waals surface area contributed by atoms with Gasteiger partial charge in [0.05, 0.1) is 5.69 Å². The number of carbonyl (C=O) groups excluding carboxylic acids is 2. The number of hydrogen-bond acceptors (Lipinski definition) is 4. The van der Waals surface area contributed by atoms with Crippen molar-refractivity contribution in [1.82, 2.24) is 19.4 Å². The predicted molar refractivity (Wildman–Crippen MR) is 135 cm³/mol. The van der Waals surface area contributed by atoms with Crippen LogP contribution in [0.5, 0.6) is 0 Å². The van der Waals surface area contributed by atoms with Crippen molar-refractivity contribution in [3.05, 3.63) is 89.5 Å². The molecule has 7 heteroatoms. The normalized spacial score (nSPS) is 23.0. The molecule has 2 saturated heterocycles. The summed E-state index contributed by atoms with van der Waals surface area (Å²) in [6, 6.07) is 19.8. The number of hydrogen-bond donors (Lipinski definition) is 1. The minimum absolute atomic E-state index is 0.0387. The second kappa shape index (κ2) is 9.66. The molecule has 0 radical (unpaired) electrons. The second-order valence-corrected chi connectivity index (χ2v) is 9.89. The van der Waals surface area contributed by atoms with Gasteiger partial charge in [-0.05, 0) is 30.9 Å². The average molecular weight is 472 g/mol. The van der Waals surface area contributed by atoms with E-state index in [0.29, 0.717) is 43.5 Å². The van der Waals surface area contributed by atoms with Crippen LogP contribution in [0, 0.1) is 0 Å². The first-order chi connectivity index (χ1) is 16.9. The zero-order chi connectivity index (χ0) is 24.5. The molecule has 182 valence electrons. The van der Waals surface area contributed by atoms with Crippen LogP contribution in [-0.4, -0.2) is 56.8 Å². The first-order valence-corrected chi connectivity index (χ1v) is 12.4. The molecule has 1 unspecified atom stereocenters. The van der Waals surface area contributed by atoms with E-state index in [0.717, 1.165) is 12.0 Å². The number of likely N-dealkylation sites (tertiary alicyclic amines) is 2. The van der Waals surface area contributed by atoms with Gasteiger partial charge in [-0.2, -0.15) is 0 Å². The molecule has 2 aromatic carbocycles. The zero-order valence-corrected chi connectivity index (χ0v) is 20.4. The van der Waals surface area contributed by atoms with Gasteiger partial charge in [-0.25, -0.2) is 4.98 Å². The summed E-state index contributed by atoms with van der Waals surface area (Å²) in [5.41, 5.74) is 9.09. The molecule has 35 heavy (non-hydrogen) atoms. The molecule has 0 spiro atoms. The standard InChI is InChI=1S/C28H33N5O2/c1-19(29)24-18-31(2)26(30-24)28(35)33-17-23(21-11-7-4-8-12-21)15-25(33)27(34)32-14-13-22(16-32)20-9-5-3-6-10-20/h3-12,18-19,22-23,25H,13-17,29H2,1-2H3/t19-,22?,23-,25-/m0/s1. The van der Waals surface area contributed by atoms with E-state index in [1.54, 1.807) is 22.7 Å². The zero-order valence-electron chi connectivity index (χ0n) is 20.4. The van der Waals surface area contributed by atoms with Crippen LogP contribution in [-0.2, 0) is 11.8 Å². The Morgan fingerprint density at radius 1 is 0.971 bits per heavy atom. The lowest BCUT2D eigenvalue weighted by atomic mass is 9.96. The van der Waals surface area contributed by atoms with Crippen molar-refractivity contribution in [3.8, 4) is 0 Å². The number of aromatic nitrogens is 2. The van der Waals surface area contributed by atoms with E-state index >= 15 is 0 Å². The highest BCUT2D eigenvalue weighted by Gasteiger charge is 2.44. The minimum atomic E-state index is -0.502. The third kappa shape index (κ3) is 4.60. The van der Waals surface area contributed by atoms with Gasteiger partial charge in [-0.3, -0.25) is 9.59 Å². The Kier molecular flexibility index (Phi) is 6.43.